The van der Waals surface area contributed by atoms with E-state index >= 15 is 0 Å². The van der Waals surface area contributed by atoms with E-state index in [0.29, 0.717) is 0 Å². The van der Waals surface area contributed by atoms with Gasteiger partial charge in [0.05, 0.1) is 5.56 Å². The van der Waals surface area contributed by atoms with Gasteiger partial charge in [0, 0.05) is 11.4 Å². The Balaban J connectivity index is 2.10. The second kappa shape index (κ2) is 4.43. The zero-order valence-electron chi connectivity index (χ0n) is 11.1. The minimum Gasteiger partial charge on any atom is -0.364 e. The van der Waals surface area contributed by atoms with E-state index in [1.807, 2.05) is 67.3 Å². The smallest absolute Gasteiger partial charge is 0.262 e. The number of benzene rings is 2. The molecule has 0 saturated heterocycles. The van der Waals surface area contributed by atoms with Gasteiger partial charge in [0.2, 0.25) is 0 Å². The van der Waals surface area contributed by atoms with Gasteiger partial charge in [-0.05, 0) is 37.6 Å². The molecule has 2 aromatic carbocycles. The molecule has 1 heterocycles. The van der Waals surface area contributed by atoms with Crippen LogP contribution in [0.25, 0.3) is 0 Å². The predicted molar refractivity (Wildman–Crippen MR) is 77.5 cm³/mol. The Morgan fingerprint density at radius 1 is 1.05 bits per heavy atom. The maximum absolute atomic E-state index is 12.7. The van der Waals surface area contributed by atoms with Crippen LogP contribution in [0.3, 0.4) is 0 Å². The molecule has 0 aromatic heterocycles. The Hall–Kier alpha value is -2.29. The topological polar surface area (TPSA) is 32.3 Å². The Bertz CT molecular complexity index is 636. The van der Waals surface area contributed by atoms with Crippen LogP contribution in [0.5, 0.6) is 0 Å². The van der Waals surface area contributed by atoms with Crippen molar-refractivity contribution in [2.45, 2.75) is 20.0 Å². The first kappa shape index (κ1) is 11.8. The molecular formula is C16H16N2O. The SMILES string of the molecule is Cc1ccccc1N1C(=O)c2ccccc2NC1C. The lowest BCUT2D eigenvalue weighted by Gasteiger charge is -2.36. The number of para-hydroxylation sites is 2. The number of aryl methyl sites for hydroxylation is 1. The van der Waals surface area contributed by atoms with Crippen LogP contribution in [0.1, 0.15) is 22.8 Å². The molecule has 2 aromatic rings. The largest absolute Gasteiger partial charge is 0.364 e. The average Bonchev–Trinajstić information content (AvgIpc) is 2.41. The summed E-state index contributed by atoms with van der Waals surface area (Å²) in [5, 5.41) is 3.37. The highest BCUT2D eigenvalue weighted by atomic mass is 16.2. The number of amides is 1. The highest BCUT2D eigenvalue weighted by Crippen LogP contribution is 2.30. The lowest BCUT2D eigenvalue weighted by molar-refractivity contribution is 0.0977. The van der Waals surface area contributed by atoms with E-state index in [1.54, 1.807) is 0 Å². The Labute approximate surface area is 112 Å². The highest BCUT2D eigenvalue weighted by Gasteiger charge is 2.30. The summed E-state index contributed by atoms with van der Waals surface area (Å²) in [6.45, 7) is 4.02. The highest BCUT2D eigenvalue weighted by molar-refractivity contribution is 6.12. The number of anilines is 2. The summed E-state index contributed by atoms with van der Waals surface area (Å²) in [5.41, 5.74) is 3.69. The number of carbonyl (C=O) groups excluding carboxylic acids is 1. The van der Waals surface area contributed by atoms with Gasteiger partial charge >= 0.3 is 0 Å². The lowest BCUT2D eigenvalue weighted by atomic mass is 10.1. The number of fused-ring (bicyclic) bond motifs is 1. The van der Waals surface area contributed by atoms with E-state index in [-0.39, 0.29) is 12.1 Å². The quantitative estimate of drug-likeness (QED) is 0.843. The third-order valence-corrected chi connectivity index (χ3v) is 3.50. The lowest BCUT2D eigenvalue weighted by Crippen LogP contribution is -2.47. The molecule has 1 unspecified atom stereocenters. The van der Waals surface area contributed by atoms with Crippen molar-refractivity contribution in [1.82, 2.24) is 0 Å². The number of nitrogens with zero attached hydrogens (tertiary/aromatic N) is 1. The Kier molecular flexibility index (Phi) is 2.75. The van der Waals surface area contributed by atoms with Crippen LogP contribution in [-0.4, -0.2) is 12.1 Å². The first-order valence-electron chi connectivity index (χ1n) is 6.43. The third kappa shape index (κ3) is 1.87. The molecule has 3 nitrogen and oxygen atoms in total. The van der Waals surface area contributed by atoms with Crippen molar-refractivity contribution in [3.05, 3.63) is 59.7 Å². The molecule has 0 saturated carbocycles. The van der Waals surface area contributed by atoms with Crippen LogP contribution in [0.15, 0.2) is 48.5 Å². The summed E-state index contributed by atoms with van der Waals surface area (Å²) < 4.78 is 0. The van der Waals surface area contributed by atoms with Crippen molar-refractivity contribution in [1.29, 1.82) is 0 Å². The summed E-state index contributed by atoms with van der Waals surface area (Å²) >= 11 is 0. The molecule has 96 valence electrons. The van der Waals surface area contributed by atoms with Crippen LogP contribution in [0.2, 0.25) is 0 Å². The molecule has 0 spiro atoms. The molecule has 19 heavy (non-hydrogen) atoms. The summed E-state index contributed by atoms with van der Waals surface area (Å²) in [4.78, 5) is 14.5. The molecule has 0 radical (unpaired) electrons. The number of carbonyl (C=O) groups is 1. The molecule has 0 aliphatic carbocycles. The standard InChI is InChI=1S/C16H16N2O/c1-11-7-3-6-10-15(11)18-12(2)17-14-9-5-4-8-13(14)16(18)19/h3-10,12,17H,1-2H3. The van der Waals surface area contributed by atoms with E-state index in [2.05, 4.69) is 5.32 Å². The van der Waals surface area contributed by atoms with Gasteiger partial charge in [-0.1, -0.05) is 30.3 Å². The molecule has 1 N–H and O–H groups in total. The maximum atomic E-state index is 12.7. The van der Waals surface area contributed by atoms with Crippen molar-refractivity contribution in [3.63, 3.8) is 0 Å². The number of hydrogen-bond acceptors (Lipinski definition) is 2. The minimum atomic E-state index is -0.0523. The molecular weight excluding hydrogens is 236 g/mol. The molecule has 1 atom stereocenters. The average molecular weight is 252 g/mol. The van der Waals surface area contributed by atoms with Gasteiger partial charge in [0.15, 0.2) is 0 Å². The van der Waals surface area contributed by atoms with Crippen LogP contribution in [0.4, 0.5) is 11.4 Å². The molecule has 1 amide bonds. The van der Waals surface area contributed by atoms with Crippen molar-refractivity contribution < 1.29 is 4.79 Å². The molecule has 3 rings (SSSR count). The normalized spacial score (nSPS) is 17.9. The van der Waals surface area contributed by atoms with Crippen molar-refractivity contribution >= 4 is 17.3 Å². The van der Waals surface area contributed by atoms with Crippen LogP contribution in [0, 0.1) is 6.92 Å². The minimum absolute atomic E-state index is 0.0520. The van der Waals surface area contributed by atoms with Gasteiger partial charge in [-0.2, -0.15) is 0 Å². The third-order valence-electron chi connectivity index (χ3n) is 3.50. The zero-order valence-corrected chi connectivity index (χ0v) is 11.1. The van der Waals surface area contributed by atoms with Crippen molar-refractivity contribution in [3.8, 4) is 0 Å². The van der Waals surface area contributed by atoms with E-state index in [1.165, 1.54) is 0 Å². The fourth-order valence-corrected chi connectivity index (χ4v) is 2.54. The Morgan fingerprint density at radius 2 is 1.74 bits per heavy atom. The monoisotopic (exact) mass is 252 g/mol. The molecule has 0 bridgehead atoms. The second-order valence-corrected chi connectivity index (χ2v) is 4.83. The first-order chi connectivity index (χ1) is 9.18. The van der Waals surface area contributed by atoms with Gasteiger partial charge < -0.3 is 5.32 Å². The van der Waals surface area contributed by atoms with E-state index in [9.17, 15) is 4.79 Å². The van der Waals surface area contributed by atoms with Gasteiger partial charge in [0.1, 0.15) is 6.17 Å². The number of hydrogen-bond donors (Lipinski definition) is 1. The predicted octanol–water partition coefficient (Wildman–Crippen LogP) is 3.41. The zero-order chi connectivity index (χ0) is 13.4. The van der Waals surface area contributed by atoms with E-state index < -0.39 is 0 Å². The second-order valence-electron chi connectivity index (χ2n) is 4.83. The summed E-state index contributed by atoms with van der Waals surface area (Å²) in [5.74, 6) is 0.0520. The first-order valence-corrected chi connectivity index (χ1v) is 6.43. The summed E-state index contributed by atoms with van der Waals surface area (Å²) in [6.07, 6.45) is -0.0523. The molecule has 1 aliphatic rings. The van der Waals surface area contributed by atoms with Crippen LogP contribution < -0.4 is 10.2 Å². The number of rotatable bonds is 1. The molecule has 0 fully saturated rings. The van der Waals surface area contributed by atoms with Gasteiger partial charge in [0.25, 0.3) is 5.91 Å². The molecule has 3 heteroatoms. The fourth-order valence-electron chi connectivity index (χ4n) is 2.54. The molecule has 1 aliphatic heterocycles. The van der Waals surface area contributed by atoms with E-state index in [4.69, 9.17) is 0 Å². The fraction of sp³-hybridized carbons (Fsp3) is 0.188. The van der Waals surface area contributed by atoms with Crippen molar-refractivity contribution in [2.75, 3.05) is 10.2 Å². The van der Waals surface area contributed by atoms with E-state index in [0.717, 1.165) is 22.5 Å². The van der Waals surface area contributed by atoms with Gasteiger partial charge in [-0.3, -0.25) is 9.69 Å². The van der Waals surface area contributed by atoms with Crippen molar-refractivity contribution in [2.24, 2.45) is 0 Å². The Morgan fingerprint density at radius 3 is 2.53 bits per heavy atom. The summed E-state index contributed by atoms with van der Waals surface area (Å²) in [7, 11) is 0. The van der Waals surface area contributed by atoms with Gasteiger partial charge in [-0.15, -0.1) is 0 Å². The maximum Gasteiger partial charge on any atom is 0.262 e. The van der Waals surface area contributed by atoms with Crippen LogP contribution in [-0.2, 0) is 0 Å². The summed E-state index contributed by atoms with van der Waals surface area (Å²) in [6, 6.07) is 15.6. The van der Waals surface area contributed by atoms with Crippen LogP contribution >= 0.6 is 0 Å². The number of nitrogens with one attached hydrogen (secondary N) is 1. The van der Waals surface area contributed by atoms with Gasteiger partial charge in [-0.25, -0.2) is 0 Å².